The Bertz CT molecular complexity index is 499. The van der Waals surface area contributed by atoms with Crippen molar-refractivity contribution in [3.8, 4) is 5.75 Å². The van der Waals surface area contributed by atoms with Gasteiger partial charge in [0.1, 0.15) is 0 Å². The largest absolute Gasteiger partial charge is 0.461 e. The number of carbonyl (C=O) groups excluding carboxylic acids is 2. The Labute approximate surface area is 95.9 Å². The monoisotopic (exact) mass is 270 g/mol. The van der Waals surface area contributed by atoms with E-state index in [1.54, 1.807) is 0 Å². The van der Waals surface area contributed by atoms with Gasteiger partial charge in [-0.3, -0.25) is 0 Å². The first kappa shape index (κ1) is 13.9. The normalized spacial score (nSPS) is 10.1. The van der Waals surface area contributed by atoms with Crippen molar-refractivity contribution in [2.75, 3.05) is 7.11 Å². The van der Waals surface area contributed by atoms with Crippen molar-refractivity contribution >= 4 is 11.9 Å². The molecule has 0 heterocycles. The second-order valence-corrected chi connectivity index (χ2v) is 2.78. The molecule has 0 amide bonds. The molecule has 0 unspecified atom stereocenters. The van der Waals surface area contributed by atoms with Gasteiger partial charge in [-0.2, -0.15) is 8.78 Å². The summed E-state index contributed by atoms with van der Waals surface area (Å²) < 4.78 is 71.5. The predicted molar refractivity (Wildman–Crippen MR) is 43.9 cm³/mol. The highest BCUT2D eigenvalue weighted by Gasteiger charge is 2.30. The summed E-state index contributed by atoms with van der Waals surface area (Å²) >= 11 is 0. The summed E-state index contributed by atoms with van der Waals surface area (Å²) in [5.74, 6) is -17.2. The van der Waals surface area contributed by atoms with Crippen LogP contribution in [0.5, 0.6) is 5.75 Å². The SMILES string of the molecule is COC(=O)C(=O)Oc1c(F)c(F)c(F)c(F)c1F. The molecule has 0 aliphatic rings. The minimum Gasteiger partial charge on any atom is -0.461 e. The van der Waals surface area contributed by atoms with Crippen molar-refractivity contribution in [1.29, 1.82) is 0 Å². The maximum Gasteiger partial charge on any atom is 0.423 e. The number of rotatable bonds is 1. The zero-order valence-electron chi connectivity index (χ0n) is 8.52. The van der Waals surface area contributed by atoms with Crippen molar-refractivity contribution in [1.82, 2.24) is 0 Å². The summed E-state index contributed by atoms with van der Waals surface area (Å²) in [6.07, 6.45) is 0. The van der Waals surface area contributed by atoms with E-state index in [2.05, 4.69) is 9.47 Å². The molecule has 9 heteroatoms. The first-order valence-corrected chi connectivity index (χ1v) is 4.12. The van der Waals surface area contributed by atoms with E-state index >= 15 is 0 Å². The van der Waals surface area contributed by atoms with Crippen molar-refractivity contribution < 1.29 is 41.0 Å². The number of esters is 2. The van der Waals surface area contributed by atoms with Gasteiger partial charge >= 0.3 is 11.9 Å². The first-order chi connectivity index (χ1) is 8.31. The summed E-state index contributed by atoms with van der Waals surface area (Å²) in [6, 6.07) is 0. The van der Waals surface area contributed by atoms with Gasteiger partial charge in [0.25, 0.3) is 0 Å². The van der Waals surface area contributed by atoms with Crippen LogP contribution in [-0.4, -0.2) is 19.0 Å². The third kappa shape index (κ3) is 2.24. The van der Waals surface area contributed by atoms with Gasteiger partial charge in [-0.05, 0) is 0 Å². The van der Waals surface area contributed by atoms with E-state index in [9.17, 15) is 31.5 Å². The highest BCUT2D eigenvalue weighted by atomic mass is 19.2. The van der Waals surface area contributed by atoms with E-state index < -0.39 is 46.8 Å². The van der Waals surface area contributed by atoms with Gasteiger partial charge < -0.3 is 9.47 Å². The number of halogens is 5. The Kier molecular flexibility index (Phi) is 3.84. The number of hydrogen-bond donors (Lipinski definition) is 0. The molecule has 1 rings (SSSR count). The van der Waals surface area contributed by atoms with Gasteiger partial charge in [-0.25, -0.2) is 22.8 Å². The Morgan fingerprint density at radius 2 is 1.17 bits per heavy atom. The van der Waals surface area contributed by atoms with Gasteiger partial charge in [0.2, 0.25) is 34.8 Å². The van der Waals surface area contributed by atoms with Crippen LogP contribution in [0.25, 0.3) is 0 Å². The fourth-order valence-corrected chi connectivity index (χ4v) is 0.892. The van der Waals surface area contributed by atoms with Crippen LogP contribution in [0.3, 0.4) is 0 Å². The molecule has 4 nitrogen and oxygen atoms in total. The predicted octanol–water partition coefficient (Wildman–Crippen LogP) is 1.46. The standard InChI is InChI=1S/C9H3F5O4/c1-17-8(15)9(16)18-7-5(13)3(11)2(10)4(12)6(7)14/h1H3. The van der Waals surface area contributed by atoms with Crippen molar-refractivity contribution in [3.63, 3.8) is 0 Å². The van der Waals surface area contributed by atoms with Crippen LogP contribution in [0.15, 0.2) is 0 Å². The highest BCUT2D eigenvalue weighted by molar-refractivity contribution is 6.30. The lowest BCUT2D eigenvalue weighted by molar-refractivity contribution is -0.160. The maximum atomic E-state index is 13.0. The Hall–Kier alpha value is -2.19. The van der Waals surface area contributed by atoms with Crippen LogP contribution in [0.4, 0.5) is 22.0 Å². The number of methoxy groups -OCH3 is 1. The molecule has 0 fully saturated rings. The lowest BCUT2D eigenvalue weighted by Crippen LogP contribution is -2.23. The number of carbonyl (C=O) groups is 2. The third-order valence-electron chi connectivity index (χ3n) is 1.72. The van der Waals surface area contributed by atoms with Crippen LogP contribution in [-0.2, 0) is 14.3 Å². The number of ether oxygens (including phenoxy) is 2. The van der Waals surface area contributed by atoms with E-state index in [1.807, 2.05) is 0 Å². The first-order valence-electron chi connectivity index (χ1n) is 4.12. The Morgan fingerprint density at radius 3 is 1.56 bits per heavy atom. The zero-order valence-corrected chi connectivity index (χ0v) is 8.52. The molecule has 0 radical (unpaired) electrons. The van der Waals surface area contributed by atoms with Crippen molar-refractivity contribution in [3.05, 3.63) is 29.1 Å². The Morgan fingerprint density at radius 1 is 0.778 bits per heavy atom. The van der Waals surface area contributed by atoms with Gasteiger partial charge in [-0.1, -0.05) is 0 Å². The molecule has 1 aromatic rings. The molecular weight excluding hydrogens is 267 g/mol. The van der Waals surface area contributed by atoms with E-state index in [1.165, 1.54) is 0 Å². The smallest absolute Gasteiger partial charge is 0.423 e. The van der Waals surface area contributed by atoms with Gasteiger partial charge in [-0.15, -0.1) is 0 Å². The molecule has 0 atom stereocenters. The topological polar surface area (TPSA) is 52.6 Å². The van der Waals surface area contributed by atoms with Gasteiger partial charge in [0.15, 0.2) is 0 Å². The van der Waals surface area contributed by atoms with E-state index in [0.717, 1.165) is 7.11 Å². The summed E-state index contributed by atoms with van der Waals surface area (Å²) in [4.78, 5) is 21.4. The fourth-order valence-electron chi connectivity index (χ4n) is 0.892. The quantitative estimate of drug-likeness (QED) is 0.193. The van der Waals surface area contributed by atoms with Crippen LogP contribution < -0.4 is 4.74 Å². The van der Waals surface area contributed by atoms with Crippen molar-refractivity contribution in [2.45, 2.75) is 0 Å². The molecule has 0 saturated heterocycles. The number of benzene rings is 1. The molecule has 0 aliphatic carbocycles. The van der Waals surface area contributed by atoms with E-state index in [-0.39, 0.29) is 0 Å². The minimum atomic E-state index is -2.41. The maximum absolute atomic E-state index is 13.0. The molecule has 18 heavy (non-hydrogen) atoms. The molecule has 0 bridgehead atoms. The molecule has 1 aromatic carbocycles. The average molecular weight is 270 g/mol. The van der Waals surface area contributed by atoms with E-state index in [4.69, 9.17) is 0 Å². The summed E-state index contributed by atoms with van der Waals surface area (Å²) in [5.41, 5.74) is 0. The number of hydrogen-bond acceptors (Lipinski definition) is 4. The average Bonchev–Trinajstić information content (AvgIpc) is 2.37. The lowest BCUT2D eigenvalue weighted by Gasteiger charge is -2.07. The molecule has 0 spiro atoms. The van der Waals surface area contributed by atoms with Gasteiger partial charge in [0.05, 0.1) is 7.11 Å². The van der Waals surface area contributed by atoms with Gasteiger partial charge in [0, 0.05) is 0 Å². The fraction of sp³-hybridized carbons (Fsp3) is 0.111. The molecule has 0 saturated carbocycles. The minimum absolute atomic E-state index is 0.752. The van der Waals surface area contributed by atoms with Crippen LogP contribution in [0.2, 0.25) is 0 Å². The summed E-state index contributed by atoms with van der Waals surface area (Å²) in [7, 11) is 0.752. The molecule has 0 aliphatic heterocycles. The van der Waals surface area contributed by atoms with E-state index in [0.29, 0.717) is 0 Å². The summed E-state index contributed by atoms with van der Waals surface area (Å²) in [5, 5.41) is 0. The van der Waals surface area contributed by atoms with Crippen LogP contribution in [0, 0.1) is 29.1 Å². The van der Waals surface area contributed by atoms with Crippen LogP contribution >= 0.6 is 0 Å². The lowest BCUT2D eigenvalue weighted by atomic mass is 10.2. The Balaban J connectivity index is 3.26. The molecular formula is C9H3F5O4. The van der Waals surface area contributed by atoms with Crippen LogP contribution in [0.1, 0.15) is 0 Å². The summed E-state index contributed by atoms with van der Waals surface area (Å²) in [6.45, 7) is 0. The molecule has 0 N–H and O–H groups in total. The van der Waals surface area contributed by atoms with Crippen molar-refractivity contribution in [2.24, 2.45) is 0 Å². The second-order valence-electron chi connectivity index (χ2n) is 2.78. The molecule has 98 valence electrons. The highest BCUT2D eigenvalue weighted by Crippen LogP contribution is 2.29. The third-order valence-corrected chi connectivity index (χ3v) is 1.72. The second kappa shape index (κ2) is 4.98. The molecule has 0 aromatic heterocycles. The zero-order chi connectivity index (χ0) is 14.0.